The average molecular weight is 395 g/mol. The molecule has 2 rings (SSSR count). The summed E-state index contributed by atoms with van der Waals surface area (Å²) in [5, 5.41) is 0.327. The van der Waals surface area contributed by atoms with Gasteiger partial charge < -0.3 is 10.5 Å². The number of nitrogens with two attached hydrogens (primary N) is 1. The van der Waals surface area contributed by atoms with Gasteiger partial charge in [-0.25, -0.2) is 4.79 Å². The summed E-state index contributed by atoms with van der Waals surface area (Å²) in [5.74, 6) is -0.371. The standard InChI is InChI=1S/C10H13NO2.C8H3Cl2NO2/c1-13-10(12)9(11)7-8-5-3-2-4-6-8;9-7-1-5(11-4-13)2-8(10)6(7)3-12/h2-6,9H,7,11H2,1H3;1-3H/t9-;/m0./s1. The Balaban J connectivity index is 0.000000260. The van der Waals surface area contributed by atoms with Gasteiger partial charge in [-0.1, -0.05) is 53.5 Å². The Morgan fingerprint density at radius 3 is 2.31 bits per heavy atom. The number of ether oxygens (including phenoxy) is 1. The summed E-state index contributed by atoms with van der Waals surface area (Å²) in [5.41, 5.74) is 7.09. The van der Waals surface area contributed by atoms with Gasteiger partial charge in [0.05, 0.1) is 28.4 Å². The van der Waals surface area contributed by atoms with E-state index in [1.165, 1.54) is 25.3 Å². The van der Waals surface area contributed by atoms with Gasteiger partial charge in [-0.2, -0.15) is 4.99 Å². The fourth-order valence-corrected chi connectivity index (χ4v) is 2.47. The molecule has 0 spiro atoms. The molecule has 136 valence electrons. The van der Waals surface area contributed by atoms with Gasteiger partial charge in [0, 0.05) is 0 Å². The van der Waals surface area contributed by atoms with E-state index in [0.717, 1.165) is 5.56 Å². The van der Waals surface area contributed by atoms with Crippen LogP contribution in [0.1, 0.15) is 15.9 Å². The lowest BCUT2D eigenvalue weighted by atomic mass is 10.1. The van der Waals surface area contributed by atoms with E-state index in [4.69, 9.17) is 28.9 Å². The molecule has 0 aromatic heterocycles. The summed E-state index contributed by atoms with van der Waals surface area (Å²) in [6, 6.07) is 11.8. The van der Waals surface area contributed by atoms with Crippen LogP contribution in [0.5, 0.6) is 0 Å². The molecule has 0 aliphatic carbocycles. The Morgan fingerprint density at radius 1 is 1.27 bits per heavy atom. The van der Waals surface area contributed by atoms with Gasteiger partial charge in [-0.05, 0) is 24.1 Å². The zero-order chi connectivity index (χ0) is 19.5. The van der Waals surface area contributed by atoms with Crippen molar-refractivity contribution in [1.29, 1.82) is 0 Å². The molecule has 6 nitrogen and oxygen atoms in total. The Kier molecular flexibility index (Phi) is 9.26. The molecule has 0 radical (unpaired) electrons. The second kappa shape index (κ2) is 11.2. The number of hydrogen-bond acceptors (Lipinski definition) is 6. The minimum Gasteiger partial charge on any atom is -0.468 e. The molecule has 0 saturated heterocycles. The van der Waals surface area contributed by atoms with Crippen molar-refractivity contribution in [2.75, 3.05) is 7.11 Å². The Labute approximate surface area is 160 Å². The zero-order valence-electron chi connectivity index (χ0n) is 13.8. The van der Waals surface area contributed by atoms with E-state index in [1.54, 1.807) is 0 Å². The smallest absolute Gasteiger partial charge is 0.322 e. The summed E-state index contributed by atoms with van der Waals surface area (Å²) in [6.07, 6.45) is 2.41. The number of nitrogens with zero attached hydrogens (tertiary/aromatic N) is 1. The summed E-state index contributed by atoms with van der Waals surface area (Å²) in [4.78, 5) is 34.6. The maximum Gasteiger partial charge on any atom is 0.322 e. The van der Waals surface area contributed by atoms with Gasteiger partial charge in [-0.3, -0.25) is 9.59 Å². The number of aldehydes is 1. The van der Waals surface area contributed by atoms with Gasteiger partial charge in [0.25, 0.3) is 0 Å². The summed E-state index contributed by atoms with van der Waals surface area (Å²) in [7, 11) is 1.34. The van der Waals surface area contributed by atoms with Crippen LogP contribution in [0, 0.1) is 0 Å². The molecule has 0 aliphatic rings. The molecule has 2 aromatic carbocycles. The maximum absolute atomic E-state index is 11.0. The van der Waals surface area contributed by atoms with Crippen molar-refractivity contribution >= 4 is 47.2 Å². The first kappa shape index (κ1) is 21.5. The highest BCUT2D eigenvalue weighted by Gasteiger charge is 2.13. The maximum atomic E-state index is 11.0. The molecule has 8 heteroatoms. The van der Waals surface area contributed by atoms with Gasteiger partial charge in [0.2, 0.25) is 6.08 Å². The Hall–Kier alpha value is -2.50. The van der Waals surface area contributed by atoms with Crippen LogP contribution in [-0.4, -0.2) is 31.5 Å². The quantitative estimate of drug-likeness (QED) is 0.362. The summed E-state index contributed by atoms with van der Waals surface area (Å²) < 4.78 is 4.52. The number of hydrogen-bond donors (Lipinski definition) is 1. The van der Waals surface area contributed by atoms with E-state index in [2.05, 4.69) is 9.73 Å². The first-order chi connectivity index (χ1) is 12.4. The van der Waals surface area contributed by atoms with Crippen LogP contribution in [0.3, 0.4) is 0 Å². The molecule has 0 bridgehead atoms. The summed E-state index contributed by atoms with van der Waals surface area (Å²) >= 11 is 11.3. The lowest BCUT2D eigenvalue weighted by Gasteiger charge is -2.08. The monoisotopic (exact) mass is 394 g/mol. The Bertz CT molecular complexity index is 783. The highest BCUT2D eigenvalue weighted by Crippen LogP contribution is 2.28. The molecule has 0 amide bonds. The number of benzene rings is 2. The SMILES string of the molecule is COC(=O)[C@@H](N)Cc1ccccc1.O=C=Nc1cc(Cl)c(C=O)c(Cl)c1. The van der Waals surface area contributed by atoms with E-state index in [-0.39, 0.29) is 27.3 Å². The van der Waals surface area contributed by atoms with Crippen molar-refractivity contribution in [2.24, 2.45) is 10.7 Å². The van der Waals surface area contributed by atoms with Crippen molar-refractivity contribution < 1.29 is 19.1 Å². The second-order valence-electron chi connectivity index (χ2n) is 4.96. The number of rotatable bonds is 5. The van der Waals surface area contributed by atoms with E-state index in [0.29, 0.717) is 12.7 Å². The first-order valence-corrected chi connectivity index (χ1v) is 8.08. The number of halogens is 2. The molecule has 0 fully saturated rings. The van der Waals surface area contributed by atoms with E-state index in [9.17, 15) is 14.4 Å². The zero-order valence-corrected chi connectivity index (χ0v) is 15.3. The van der Waals surface area contributed by atoms with E-state index < -0.39 is 6.04 Å². The van der Waals surface area contributed by atoms with Crippen LogP contribution in [0.2, 0.25) is 10.0 Å². The van der Waals surface area contributed by atoms with Crippen molar-refractivity contribution in [2.45, 2.75) is 12.5 Å². The van der Waals surface area contributed by atoms with Gasteiger partial charge in [0.1, 0.15) is 6.04 Å². The molecular formula is C18H16Cl2N2O4. The molecule has 0 saturated carbocycles. The second-order valence-corrected chi connectivity index (χ2v) is 5.78. The predicted octanol–water partition coefficient (Wildman–Crippen LogP) is 3.50. The topological polar surface area (TPSA) is 98.8 Å². The van der Waals surface area contributed by atoms with Crippen LogP contribution in [0.25, 0.3) is 0 Å². The van der Waals surface area contributed by atoms with Crippen LogP contribution < -0.4 is 5.73 Å². The number of carbonyl (C=O) groups excluding carboxylic acids is 3. The number of isocyanates is 1. The minimum absolute atomic E-state index is 0.163. The lowest BCUT2D eigenvalue weighted by molar-refractivity contribution is -0.142. The highest BCUT2D eigenvalue weighted by atomic mass is 35.5. The summed E-state index contributed by atoms with van der Waals surface area (Å²) in [6.45, 7) is 0. The van der Waals surface area contributed by atoms with E-state index >= 15 is 0 Å². The first-order valence-electron chi connectivity index (χ1n) is 7.32. The molecule has 0 heterocycles. The molecule has 0 unspecified atom stereocenters. The third-order valence-electron chi connectivity index (χ3n) is 3.16. The van der Waals surface area contributed by atoms with Crippen LogP contribution in [0.4, 0.5) is 5.69 Å². The van der Waals surface area contributed by atoms with Gasteiger partial charge in [0.15, 0.2) is 6.29 Å². The fourth-order valence-electron chi connectivity index (χ4n) is 1.90. The number of carbonyl (C=O) groups is 2. The lowest BCUT2D eigenvalue weighted by Crippen LogP contribution is -2.33. The fraction of sp³-hybridized carbons (Fsp3) is 0.167. The highest BCUT2D eigenvalue weighted by molar-refractivity contribution is 6.38. The van der Waals surface area contributed by atoms with Crippen LogP contribution in [-0.2, 0) is 20.7 Å². The molecular weight excluding hydrogens is 379 g/mol. The predicted molar refractivity (Wildman–Crippen MR) is 99.8 cm³/mol. The van der Waals surface area contributed by atoms with Gasteiger partial charge in [-0.15, -0.1) is 0 Å². The largest absolute Gasteiger partial charge is 0.468 e. The molecule has 0 aliphatic heterocycles. The Morgan fingerprint density at radius 2 is 1.85 bits per heavy atom. The van der Waals surface area contributed by atoms with Crippen LogP contribution in [0.15, 0.2) is 47.5 Å². The van der Waals surface area contributed by atoms with Crippen molar-refractivity contribution in [3.63, 3.8) is 0 Å². The molecule has 2 N–H and O–H groups in total. The van der Waals surface area contributed by atoms with Crippen molar-refractivity contribution in [3.05, 3.63) is 63.6 Å². The third-order valence-corrected chi connectivity index (χ3v) is 3.78. The van der Waals surface area contributed by atoms with Crippen LogP contribution >= 0.6 is 23.2 Å². The number of esters is 1. The minimum atomic E-state index is -0.563. The number of aliphatic imine (C=N–C) groups is 1. The molecule has 26 heavy (non-hydrogen) atoms. The number of methoxy groups -OCH3 is 1. The average Bonchev–Trinajstić information content (AvgIpc) is 2.62. The molecule has 2 aromatic rings. The van der Waals surface area contributed by atoms with Crippen molar-refractivity contribution in [3.8, 4) is 0 Å². The van der Waals surface area contributed by atoms with Gasteiger partial charge >= 0.3 is 5.97 Å². The normalized spacial score (nSPS) is 10.6. The third kappa shape index (κ3) is 6.78. The van der Waals surface area contributed by atoms with Crippen molar-refractivity contribution in [1.82, 2.24) is 0 Å². The molecule has 1 atom stereocenters. The van der Waals surface area contributed by atoms with E-state index in [1.807, 2.05) is 30.3 Å².